The Balaban J connectivity index is 1.67. The van der Waals surface area contributed by atoms with Crippen LogP contribution in [0.1, 0.15) is 31.5 Å². The van der Waals surface area contributed by atoms with Crippen molar-refractivity contribution in [2.75, 3.05) is 5.32 Å². The number of halogens is 1. The first-order valence-corrected chi connectivity index (χ1v) is 9.53. The minimum atomic E-state index is -0.270. The van der Waals surface area contributed by atoms with Crippen molar-refractivity contribution < 1.29 is 4.79 Å². The lowest BCUT2D eigenvalue weighted by atomic mass is 10.3. The molecule has 0 saturated heterocycles. The van der Waals surface area contributed by atoms with Gasteiger partial charge in [0, 0.05) is 22.6 Å². The molecule has 1 heterocycles. The van der Waals surface area contributed by atoms with Crippen molar-refractivity contribution in [2.24, 2.45) is 0 Å². The van der Waals surface area contributed by atoms with E-state index in [2.05, 4.69) is 42.6 Å². The molecule has 0 spiro atoms. The lowest BCUT2D eigenvalue weighted by molar-refractivity contribution is -0.115. The first-order valence-electron chi connectivity index (χ1n) is 7.85. The number of thioether (sulfide) groups is 1. The lowest BCUT2D eigenvalue weighted by Crippen LogP contribution is -2.23. The van der Waals surface area contributed by atoms with Crippen LogP contribution in [0.4, 0.5) is 5.69 Å². The van der Waals surface area contributed by atoms with Gasteiger partial charge in [-0.25, -0.2) is 0 Å². The topological polar surface area (TPSA) is 59.8 Å². The minimum absolute atomic E-state index is 0.0524. The van der Waals surface area contributed by atoms with Crippen molar-refractivity contribution in [3.8, 4) is 0 Å². The van der Waals surface area contributed by atoms with Crippen molar-refractivity contribution in [1.29, 1.82) is 0 Å². The number of hydrogen-bond donors (Lipinski definition) is 1. The van der Waals surface area contributed by atoms with E-state index < -0.39 is 0 Å². The highest BCUT2D eigenvalue weighted by Crippen LogP contribution is 2.40. The molecule has 7 heteroatoms. The summed E-state index contributed by atoms with van der Waals surface area (Å²) in [5.74, 6) is 1.47. The second kappa shape index (κ2) is 7.53. The van der Waals surface area contributed by atoms with Gasteiger partial charge in [-0.1, -0.05) is 33.8 Å². The van der Waals surface area contributed by atoms with Gasteiger partial charge in [0.2, 0.25) is 5.91 Å². The Hall–Kier alpha value is -1.60. The summed E-state index contributed by atoms with van der Waals surface area (Å²) < 4.78 is 3.05. The van der Waals surface area contributed by atoms with Crippen LogP contribution in [-0.4, -0.2) is 25.9 Å². The molecule has 1 atom stereocenters. The van der Waals surface area contributed by atoms with Crippen LogP contribution in [0, 0.1) is 0 Å². The number of nitrogens with zero attached hydrogens (tertiary/aromatic N) is 3. The standard InChI is InChI=1S/C17H19BrN4OS/c1-3-10-22-15(12-4-5-12)20-21-17(22)24-11(2)16(23)19-14-8-6-13(18)7-9-14/h3,6-9,11-12H,1,4-5,10H2,2H3,(H,19,23). The SMILES string of the molecule is C=CCn1c(SC(C)C(=O)Nc2ccc(Br)cc2)nnc1C1CC1. The number of nitrogens with one attached hydrogen (secondary N) is 1. The van der Waals surface area contributed by atoms with Crippen LogP contribution in [0.5, 0.6) is 0 Å². The first-order chi connectivity index (χ1) is 11.6. The highest BCUT2D eigenvalue weighted by molar-refractivity contribution is 9.10. The van der Waals surface area contributed by atoms with E-state index >= 15 is 0 Å². The van der Waals surface area contributed by atoms with Crippen LogP contribution in [0.15, 0.2) is 46.5 Å². The molecule has 1 N–H and O–H groups in total. The van der Waals surface area contributed by atoms with Crippen LogP contribution in [-0.2, 0) is 11.3 Å². The molecule has 2 aromatic rings. The number of hydrogen-bond acceptors (Lipinski definition) is 4. The van der Waals surface area contributed by atoms with E-state index in [0.717, 1.165) is 21.1 Å². The number of amides is 1. The van der Waals surface area contributed by atoms with Crippen LogP contribution in [0.3, 0.4) is 0 Å². The number of aromatic nitrogens is 3. The van der Waals surface area contributed by atoms with Crippen molar-refractivity contribution in [3.63, 3.8) is 0 Å². The second-order valence-electron chi connectivity index (χ2n) is 5.77. The van der Waals surface area contributed by atoms with Crippen molar-refractivity contribution in [2.45, 2.75) is 42.6 Å². The Labute approximate surface area is 154 Å². The van der Waals surface area contributed by atoms with Gasteiger partial charge in [-0.3, -0.25) is 4.79 Å². The molecular weight excluding hydrogens is 388 g/mol. The Morgan fingerprint density at radius 3 is 2.79 bits per heavy atom. The number of rotatable bonds is 7. The summed E-state index contributed by atoms with van der Waals surface area (Å²) >= 11 is 4.81. The van der Waals surface area contributed by atoms with Gasteiger partial charge in [-0.15, -0.1) is 16.8 Å². The van der Waals surface area contributed by atoms with Gasteiger partial charge < -0.3 is 9.88 Å². The van der Waals surface area contributed by atoms with Gasteiger partial charge in [-0.2, -0.15) is 0 Å². The molecule has 1 aliphatic carbocycles. The van der Waals surface area contributed by atoms with Crippen LogP contribution >= 0.6 is 27.7 Å². The molecule has 1 unspecified atom stereocenters. The molecule has 0 bridgehead atoms. The molecule has 126 valence electrons. The smallest absolute Gasteiger partial charge is 0.237 e. The molecule has 3 rings (SSSR count). The number of carbonyl (C=O) groups is 1. The predicted octanol–water partition coefficient (Wildman–Crippen LogP) is 4.22. The maximum atomic E-state index is 12.4. The largest absolute Gasteiger partial charge is 0.325 e. The van der Waals surface area contributed by atoms with Gasteiger partial charge in [0.15, 0.2) is 5.16 Å². The Bertz CT molecular complexity index is 740. The van der Waals surface area contributed by atoms with Crippen LogP contribution in [0.25, 0.3) is 0 Å². The molecule has 1 aliphatic rings. The van der Waals surface area contributed by atoms with Gasteiger partial charge in [0.1, 0.15) is 5.82 Å². The van der Waals surface area contributed by atoms with Crippen molar-refractivity contribution in [3.05, 3.63) is 47.2 Å². The Morgan fingerprint density at radius 1 is 1.46 bits per heavy atom. The lowest BCUT2D eigenvalue weighted by Gasteiger charge is -2.13. The minimum Gasteiger partial charge on any atom is -0.325 e. The average Bonchev–Trinajstić information content (AvgIpc) is 3.34. The molecule has 1 aromatic heterocycles. The molecule has 1 fully saturated rings. The highest BCUT2D eigenvalue weighted by Gasteiger charge is 2.30. The summed E-state index contributed by atoms with van der Waals surface area (Å²) in [6.45, 7) is 6.35. The van der Waals surface area contributed by atoms with Crippen molar-refractivity contribution in [1.82, 2.24) is 14.8 Å². The van der Waals surface area contributed by atoms with Gasteiger partial charge in [-0.05, 0) is 44.0 Å². The molecule has 24 heavy (non-hydrogen) atoms. The van der Waals surface area contributed by atoms with Gasteiger partial charge in [0.25, 0.3) is 0 Å². The summed E-state index contributed by atoms with van der Waals surface area (Å²) in [4.78, 5) is 12.4. The summed E-state index contributed by atoms with van der Waals surface area (Å²) in [6.07, 6.45) is 4.17. The van der Waals surface area contributed by atoms with Crippen LogP contribution < -0.4 is 5.32 Å². The quantitative estimate of drug-likeness (QED) is 0.552. The third kappa shape index (κ3) is 4.08. The van der Waals surface area contributed by atoms with E-state index in [1.54, 1.807) is 0 Å². The summed E-state index contributed by atoms with van der Waals surface area (Å²) in [7, 11) is 0. The summed E-state index contributed by atoms with van der Waals surface area (Å²) in [5, 5.41) is 12.0. The van der Waals surface area contributed by atoms with Crippen molar-refractivity contribution >= 4 is 39.3 Å². The van der Waals surface area contributed by atoms with Gasteiger partial charge >= 0.3 is 0 Å². The Kier molecular flexibility index (Phi) is 5.40. The fourth-order valence-electron chi connectivity index (χ4n) is 2.32. The zero-order valence-electron chi connectivity index (χ0n) is 13.4. The van der Waals surface area contributed by atoms with Crippen LogP contribution in [0.2, 0.25) is 0 Å². The summed E-state index contributed by atoms with van der Waals surface area (Å²) in [6, 6.07) is 7.53. The maximum Gasteiger partial charge on any atom is 0.237 e. The maximum absolute atomic E-state index is 12.4. The molecule has 1 saturated carbocycles. The third-order valence-corrected chi connectivity index (χ3v) is 5.37. The zero-order valence-corrected chi connectivity index (χ0v) is 15.8. The van der Waals surface area contributed by atoms with E-state index in [0.29, 0.717) is 12.5 Å². The molecule has 1 aromatic carbocycles. The van der Waals surface area contributed by atoms with Gasteiger partial charge in [0.05, 0.1) is 5.25 Å². The molecule has 0 radical (unpaired) electrons. The van der Waals surface area contributed by atoms with E-state index in [1.807, 2.05) is 37.3 Å². The first kappa shape index (κ1) is 17.2. The third-order valence-electron chi connectivity index (χ3n) is 3.76. The number of allylic oxidation sites excluding steroid dienone is 1. The summed E-state index contributed by atoms with van der Waals surface area (Å²) in [5.41, 5.74) is 0.780. The number of benzene rings is 1. The fraction of sp³-hybridized carbons (Fsp3) is 0.353. The molecular formula is C17H19BrN4OS. The Morgan fingerprint density at radius 2 is 2.17 bits per heavy atom. The number of anilines is 1. The normalized spacial score (nSPS) is 15.1. The molecule has 0 aliphatic heterocycles. The average molecular weight is 407 g/mol. The monoisotopic (exact) mass is 406 g/mol. The van der Waals surface area contributed by atoms with E-state index in [1.165, 1.54) is 24.6 Å². The second-order valence-corrected chi connectivity index (χ2v) is 7.99. The zero-order chi connectivity index (χ0) is 17.1. The highest BCUT2D eigenvalue weighted by atomic mass is 79.9. The molecule has 5 nitrogen and oxygen atoms in total. The van der Waals surface area contributed by atoms with E-state index in [9.17, 15) is 4.79 Å². The van der Waals surface area contributed by atoms with E-state index in [-0.39, 0.29) is 11.2 Å². The van der Waals surface area contributed by atoms with E-state index in [4.69, 9.17) is 0 Å². The number of carbonyl (C=O) groups excluding carboxylic acids is 1. The molecule has 1 amide bonds. The predicted molar refractivity (Wildman–Crippen MR) is 100 cm³/mol. The fourth-order valence-corrected chi connectivity index (χ4v) is 3.45.